The van der Waals surface area contributed by atoms with Crippen molar-refractivity contribution >= 4 is 33.0 Å². The molecule has 3 aromatic rings. The zero-order valence-electron chi connectivity index (χ0n) is 12.8. The van der Waals surface area contributed by atoms with Crippen LogP contribution in [0.3, 0.4) is 0 Å². The number of rotatable bonds is 4. The Morgan fingerprint density at radius 1 is 1.21 bits per heavy atom. The molecule has 2 aromatic heterocycles. The second-order valence-corrected chi connectivity index (χ2v) is 6.65. The van der Waals surface area contributed by atoms with Gasteiger partial charge in [0.1, 0.15) is 24.2 Å². The van der Waals surface area contributed by atoms with Gasteiger partial charge in [0.15, 0.2) is 5.15 Å². The predicted octanol–water partition coefficient (Wildman–Crippen LogP) is 3.81. The lowest BCUT2D eigenvalue weighted by Crippen LogP contribution is -2.33. The number of para-hydroxylation sites is 1. The summed E-state index contributed by atoms with van der Waals surface area (Å²) in [5, 5.41) is 11.7. The maximum atomic E-state index is 6.13. The molecule has 1 saturated heterocycles. The van der Waals surface area contributed by atoms with E-state index in [0.29, 0.717) is 31.6 Å². The lowest BCUT2D eigenvalue weighted by atomic mass is 10.1. The molecule has 4 rings (SSSR count). The van der Waals surface area contributed by atoms with Gasteiger partial charge in [-0.1, -0.05) is 23.7 Å². The molecule has 24 heavy (non-hydrogen) atoms. The SMILES string of the molecule is Clc1nnc(-c2ccccc2OCC2COCCO2)c2sccc12. The number of nitrogens with zero attached hydrogens (tertiary/aromatic N) is 2. The van der Waals surface area contributed by atoms with Crippen LogP contribution in [0.2, 0.25) is 5.15 Å². The number of hydrogen-bond acceptors (Lipinski definition) is 6. The fourth-order valence-electron chi connectivity index (χ4n) is 2.63. The Morgan fingerprint density at radius 2 is 2.12 bits per heavy atom. The second kappa shape index (κ2) is 7.03. The van der Waals surface area contributed by atoms with Crippen molar-refractivity contribution in [3.8, 4) is 17.0 Å². The summed E-state index contributed by atoms with van der Waals surface area (Å²) >= 11 is 7.72. The molecule has 1 aliphatic heterocycles. The molecule has 0 radical (unpaired) electrons. The number of hydrogen-bond donors (Lipinski definition) is 0. The van der Waals surface area contributed by atoms with Gasteiger partial charge < -0.3 is 14.2 Å². The summed E-state index contributed by atoms with van der Waals surface area (Å²) in [5.41, 5.74) is 1.67. The number of aromatic nitrogens is 2. The lowest BCUT2D eigenvalue weighted by molar-refractivity contribution is -0.101. The average molecular weight is 363 g/mol. The van der Waals surface area contributed by atoms with Crippen LogP contribution >= 0.6 is 22.9 Å². The smallest absolute Gasteiger partial charge is 0.160 e. The van der Waals surface area contributed by atoms with Gasteiger partial charge >= 0.3 is 0 Å². The fraction of sp³-hybridized carbons (Fsp3) is 0.294. The van der Waals surface area contributed by atoms with Crippen LogP contribution in [0.25, 0.3) is 21.3 Å². The highest BCUT2D eigenvalue weighted by molar-refractivity contribution is 7.17. The number of fused-ring (bicyclic) bond motifs is 1. The van der Waals surface area contributed by atoms with Crippen molar-refractivity contribution in [1.82, 2.24) is 10.2 Å². The Hall–Kier alpha value is -1.73. The standard InChI is InChI=1S/C17H15ClN2O3S/c18-17-13-5-8-24-16(13)15(19-20-17)12-3-1-2-4-14(12)23-10-11-9-21-6-7-22-11/h1-5,8,11H,6-7,9-10H2. The molecule has 1 aliphatic rings. The minimum absolute atomic E-state index is 0.0511. The minimum Gasteiger partial charge on any atom is -0.490 e. The lowest BCUT2D eigenvalue weighted by Gasteiger charge is -2.23. The molecule has 124 valence electrons. The monoisotopic (exact) mass is 362 g/mol. The van der Waals surface area contributed by atoms with Crippen molar-refractivity contribution < 1.29 is 14.2 Å². The molecule has 1 aromatic carbocycles. The summed E-state index contributed by atoms with van der Waals surface area (Å²) < 4.78 is 18.0. The highest BCUT2D eigenvalue weighted by Gasteiger charge is 2.18. The van der Waals surface area contributed by atoms with Crippen LogP contribution in [0, 0.1) is 0 Å². The van der Waals surface area contributed by atoms with E-state index >= 15 is 0 Å². The van der Waals surface area contributed by atoms with Gasteiger partial charge in [-0.2, -0.15) is 0 Å². The molecule has 0 spiro atoms. The third-order valence-corrected chi connectivity index (χ3v) is 4.99. The largest absolute Gasteiger partial charge is 0.490 e. The Balaban J connectivity index is 1.65. The Kier molecular flexibility index (Phi) is 4.62. The third-order valence-electron chi connectivity index (χ3n) is 3.79. The van der Waals surface area contributed by atoms with Crippen LogP contribution in [0.4, 0.5) is 0 Å². The Bertz CT molecular complexity index is 849. The zero-order chi connectivity index (χ0) is 16.4. The van der Waals surface area contributed by atoms with Gasteiger partial charge in [0, 0.05) is 10.9 Å². The normalized spacial score (nSPS) is 18.0. The molecule has 1 atom stereocenters. The first kappa shape index (κ1) is 15.8. The van der Waals surface area contributed by atoms with Crippen molar-refractivity contribution in [2.24, 2.45) is 0 Å². The molecule has 0 N–H and O–H groups in total. The summed E-state index contributed by atoms with van der Waals surface area (Å²) in [6.45, 7) is 2.24. The molecule has 0 saturated carbocycles. The van der Waals surface area contributed by atoms with Crippen LogP contribution in [0.5, 0.6) is 5.75 Å². The van der Waals surface area contributed by atoms with Crippen molar-refractivity contribution in [3.63, 3.8) is 0 Å². The predicted molar refractivity (Wildman–Crippen MR) is 93.9 cm³/mol. The van der Waals surface area contributed by atoms with Crippen molar-refractivity contribution in [3.05, 3.63) is 40.9 Å². The molecule has 7 heteroatoms. The Labute approximate surface area is 148 Å². The second-order valence-electron chi connectivity index (χ2n) is 5.38. The molecule has 0 bridgehead atoms. The first-order valence-electron chi connectivity index (χ1n) is 7.64. The van der Waals surface area contributed by atoms with E-state index in [-0.39, 0.29) is 6.10 Å². The molecule has 3 heterocycles. The van der Waals surface area contributed by atoms with Crippen LogP contribution < -0.4 is 4.74 Å². The molecular formula is C17H15ClN2O3S. The summed E-state index contributed by atoms with van der Waals surface area (Å²) in [4.78, 5) is 0. The van der Waals surface area contributed by atoms with Crippen LogP contribution in [-0.4, -0.2) is 42.7 Å². The van der Waals surface area contributed by atoms with E-state index in [9.17, 15) is 0 Å². The van der Waals surface area contributed by atoms with Crippen molar-refractivity contribution in [2.45, 2.75) is 6.10 Å². The van der Waals surface area contributed by atoms with Gasteiger partial charge in [-0.3, -0.25) is 0 Å². The van der Waals surface area contributed by atoms with Gasteiger partial charge in [-0.25, -0.2) is 0 Å². The summed E-state index contributed by atoms with van der Waals surface area (Å²) in [7, 11) is 0. The number of thiophene rings is 1. The van der Waals surface area contributed by atoms with Gasteiger partial charge in [0.25, 0.3) is 0 Å². The molecule has 0 amide bonds. The molecule has 1 unspecified atom stereocenters. The first-order chi connectivity index (χ1) is 11.8. The van der Waals surface area contributed by atoms with E-state index in [1.165, 1.54) is 0 Å². The van der Waals surface area contributed by atoms with Crippen LogP contribution in [0.15, 0.2) is 35.7 Å². The maximum absolute atomic E-state index is 6.13. The topological polar surface area (TPSA) is 53.5 Å². The average Bonchev–Trinajstić information content (AvgIpc) is 3.12. The number of halogens is 1. The van der Waals surface area contributed by atoms with E-state index in [1.807, 2.05) is 35.7 Å². The van der Waals surface area contributed by atoms with Crippen LogP contribution in [-0.2, 0) is 9.47 Å². The van der Waals surface area contributed by atoms with Crippen molar-refractivity contribution in [2.75, 3.05) is 26.4 Å². The molecule has 0 aliphatic carbocycles. The summed E-state index contributed by atoms with van der Waals surface area (Å²) in [5.74, 6) is 0.748. The zero-order valence-corrected chi connectivity index (χ0v) is 14.3. The maximum Gasteiger partial charge on any atom is 0.160 e. The Morgan fingerprint density at radius 3 is 3.00 bits per heavy atom. The highest BCUT2D eigenvalue weighted by atomic mass is 35.5. The van der Waals surface area contributed by atoms with Gasteiger partial charge in [-0.15, -0.1) is 21.5 Å². The summed E-state index contributed by atoms with van der Waals surface area (Å²) in [6.07, 6.45) is -0.0511. The van der Waals surface area contributed by atoms with Gasteiger partial charge in [0.05, 0.1) is 24.5 Å². The van der Waals surface area contributed by atoms with Crippen LogP contribution in [0.1, 0.15) is 0 Å². The van der Waals surface area contributed by atoms with E-state index in [0.717, 1.165) is 27.1 Å². The molecule has 5 nitrogen and oxygen atoms in total. The summed E-state index contributed by atoms with van der Waals surface area (Å²) in [6, 6.07) is 9.75. The molecule has 1 fully saturated rings. The van der Waals surface area contributed by atoms with Crippen molar-refractivity contribution in [1.29, 1.82) is 0 Å². The molecular weight excluding hydrogens is 348 g/mol. The number of ether oxygens (including phenoxy) is 3. The highest BCUT2D eigenvalue weighted by Crippen LogP contribution is 2.37. The minimum atomic E-state index is -0.0511. The number of benzene rings is 1. The van der Waals surface area contributed by atoms with Gasteiger partial charge in [0.2, 0.25) is 0 Å². The van der Waals surface area contributed by atoms with E-state index < -0.39 is 0 Å². The fourth-order valence-corrected chi connectivity index (χ4v) is 3.77. The van der Waals surface area contributed by atoms with Gasteiger partial charge in [-0.05, 0) is 23.6 Å². The third kappa shape index (κ3) is 3.10. The first-order valence-corrected chi connectivity index (χ1v) is 8.89. The quantitative estimate of drug-likeness (QED) is 0.706. The van der Waals surface area contributed by atoms with E-state index in [1.54, 1.807) is 11.3 Å². The van der Waals surface area contributed by atoms with E-state index in [4.69, 9.17) is 25.8 Å². The van der Waals surface area contributed by atoms with E-state index in [2.05, 4.69) is 10.2 Å².